The summed E-state index contributed by atoms with van der Waals surface area (Å²) in [6.07, 6.45) is 0.909. The molecule has 16 heavy (non-hydrogen) atoms. The Morgan fingerprint density at radius 1 is 1.38 bits per heavy atom. The molecule has 1 unspecified atom stereocenters. The molecule has 1 N–H and O–H groups in total. The lowest BCUT2D eigenvalue weighted by molar-refractivity contribution is 0.548. The lowest BCUT2D eigenvalue weighted by Crippen LogP contribution is -2.21. The Kier molecular flexibility index (Phi) is 5.33. The summed E-state index contributed by atoms with van der Waals surface area (Å²) in [6, 6.07) is 6.02. The average molecular weight is 258 g/mol. The van der Waals surface area contributed by atoms with Crippen LogP contribution < -0.4 is 5.32 Å². The molecule has 0 aliphatic carbocycles. The fourth-order valence-corrected chi connectivity index (χ4v) is 1.94. The highest BCUT2D eigenvalue weighted by Crippen LogP contribution is 2.28. The summed E-state index contributed by atoms with van der Waals surface area (Å²) < 4.78 is 0. The number of rotatable bonds is 5. The predicted octanol–water partition coefficient (Wildman–Crippen LogP) is 4.61. The van der Waals surface area contributed by atoms with Crippen LogP contribution in [0.5, 0.6) is 0 Å². The van der Waals surface area contributed by atoms with Crippen molar-refractivity contribution in [2.75, 3.05) is 6.54 Å². The van der Waals surface area contributed by atoms with Gasteiger partial charge in [0.25, 0.3) is 0 Å². The Labute approximate surface area is 107 Å². The van der Waals surface area contributed by atoms with Crippen LogP contribution in [0.15, 0.2) is 30.4 Å². The second kappa shape index (κ2) is 6.29. The molecule has 0 aliphatic rings. The van der Waals surface area contributed by atoms with Crippen molar-refractivity contribution in [3.8, 4) is 0 Å². The van der Waals surface area contributed by atoms with Crippen LogP contribution in [0.4, 0.5) is 0 Å². The number of nitrogens with one attached hydrogen (secondary N) is 1. The minimum atomic E-state index is 0.261. The topological polar surface area (TPSA) is 12.0 Å². The predicted molar refractivity (Wildman–Crippen MR) is 72.3 cm³/mol. The second-order valence-corrected chi connectivity index (χ2v) is 4.76. The molecule has 88 valence electrons. The van der Waals surface area contributed by atoms with E-state index in [9.17, 15) is 0 Å². The zero-order chi connectivity index (χ0) is 12.1. The molecule has 1 aromatic carbocycles. The van der Waals surface area contributed by atoms with Crippen LogP contribution in [0.3, 0.4) is 0 Å². The molecule has 0 bridgehead atoms. The average Bonchev–Trinajstić information content (AvgIpc) is 2.21. The number of halogens is 2. The zero-order valence-electron chi connectivity index (χ0n) is 9.69. The maximum atomic E-state index is 6.01. The van der Waals surface area contributed by atoms with Crippen LogP contribution in [0.1, 0.15) is 31.9 Å². The summed E-state index contributed by atoms with van der Waals surface area (Å²) in [5, 5.41) is 4.61. The molecule has 3 heteroatoms. The van der Waals surface area contributed by atoms with Gasteiger partial charge in [-0.3, -0.25) is 0 Å². The minimum Gasteiger partial charge on any atom is -0.310 e. The first-order chi connectivity index (χ1) is 7.54. The van der Waals surface area contributed by atoms with Crippen molar-refractivity contribution < 1.29 is 0 Å². The monoisotopic (exact) mass is 257 g/mol. The summed E-state index contributed by atoms with van der Waals surface area (Å²) in [5.41, 5.74) is 2.30. The summed E-state index contributed by atoms with van der Waals surface area (Å²) >= 11 is 11.9. The third-order valence-corrected chi connectivity index (χ3v) is 3.09. The van der Waals surface area contributed by atoms with Crippen molar-refractivity contribution in [1.29, 1.82) is 0 Å². The lowest BCUT2D eigenvalue weighted by atomic mass is 10.0. The Balaban J connectivity index is 2.91. The van der Waals surface area contributed by atoms with Crippen LogP contribution in [-0.4, -0.2) is 6.54 Å². The molecule has 1 aromatic rings. The third kappa shape index (κ3) is 3.82. The van der Waals surface area contributed by atoms with E-state index < -0.39 is 0 Å². The maximum absolute atomic E-state index is 6.01. The molecular weight excluding hydrogens is 241 g/mol. The van der Waals surface area contributed by atoms with Crippen LogP contribution in [0, 0.1) is 0 Å². The molecule has 0 spiro atoms. The van der Waals surface area contributed by atoms with E-state index in [1.54, 1.807) is 0 Å². The highest BCUT2D eigenvalue weighted by Gasteiger charge is 2.11. The first-order valence-corrected chi connectivity index (χ1v) is 6.13. The normalized spacial score (nSPS) is 12.5. The molecule has 0 heterocycles. The Bertz CT molecular complexity index is 374. The van der Waals surface area contributed by atoms with Crippen LogP contribution >= 0.6 is 23.2 Å². The van der Waals surface area contributed by atoms with E-state index in [-0.39, 0.29) is 6.04 Å². The van der Waals surface area contributed by atoms with Gasteiger partial charge in [0.05, 0.1) is 10.0 Å². The van der Waals surface area contributed by atoms with E-state index in [1.807, 2.05) is 25.1 Å². The maximum Gasteiger partial charge on any atom is 0.0595 e. The van der Waals surface area contributed by atoms with Gasteiger partial charge in [0.15, 0.2) is 0 Å². The van der Waals surface area contributed by atoms with Gasteiger partial charge in [-0.05, 0) is 37.6 Å². The first-order valence-electron chi connectivity index (χ1n) is 5.37. The summed E-state index contributed by atoms with van der Waals surface area (Å²) in [5.74, 6) is 0. The number of hydrogen-bond acceptors (Lipinski definition) is 1. The first kappa shape index (κ1) is 13.6. The fraction of sp³-hybridized carbons (Fsp3) is 0.385. The van der Waals surface area contributed by atoms with E-state index in [0.29, 0.717) is 10.0 Å². The van der Waals surface area contributed by atoms with Crippen molar-refractivity contribution in [3.63, 3.8) is 0 Å². The summed E-state index contributed by atoms with van der Waals surface area (Å²) in [4.78, 5) is 0. The van der Waals surface area contributed by atoms with Gasteiger partial charge >= 0.3 is 0 Å². The van der Waals surface area contributed by atoms with Gasteiger partial charge in [-0.15, -0.1) is 6.58 Å². The van der Waals surface area contributed by atoms with E-state index in [4.69, 9.17) is 23.2 Å². The van der Waals surface area contributed by atoms with Crippen molar-refractivity contribution >= 4 is 23.2 Å². The SMILES string of the molecule is C=C(C)CC(NCC)c1ccc(Cl)c(Cl)c1. The zero-order valence-corrected chi connectivity index (χ0v) is 11.2. The Hall–Kier alpha value is -0.500. The largest absolute Gasteiger partial charge is 0.310 e. The minimum absolute atomic E-state index is 0.261. The molecular formula is C13H17Cl2N. The van der Waals surface area contributed by atoms with E-state index >= 15 is 0 Å². The van der Waals surface area contributed by atoms with Crippen molar-refractivity contribution in [3.05, 3.63) is 46.0 Å². The van der Waals surface area contributed by atoms with Crippen molar-refractivity contribution in [1.82, 2.24) is 5.32 Å². The third-order valence-electron chi connectivity index (χ3n) is 2.35. The second-order valence-electron chi connectivity index (χ2n) is 3.95. The fourth-order valence-electron chi connectivity index (χ4n) is 1.63. The van der Waals surface area contributed by atoms with Gasteiger partial charge in [0.1, 0.15) is 0 Å². The van der Waals surface area contributed by atoms with E-state index in [1.165, 1.54) is 0 Å². The van der Waals surface area contributed by atoms with Gasteiger partial charge in [0.2, 0.25) is 0 Å². The van der Waals surface area contributed by atoms with E-state index in [0.717, 1.165) is 24.1 Å². The van der Waals surface area contributed by atoms with Crippen molar-refractivity contribution in [2.45, 2.75) is 26.3 Å². The molecule has 1 rings (SSSR count). The highest BCUT2D eigenvalue weighted by atomic mass is 35.5. The molecule has 0 saturated heterocycles. The molecule has 0 saturated carbocycles. The quantitative estimate of drug-likeness (QED) is 0.760. The highest BCUT2D eigenvalue weighted by molar-refractivity contribution is 6.42. The Morgan fingerprint density at radius 2 is 2.06 bits per heavy atom. The molecule has 1 atom stereocenters. The lowest BCUT2D eigenvalue weighted by Gasteiger charge is -2.18. The standard InChI is InChI=1S/C13H17Cl2N/c1-4-16-13(7-9(2)3)10-5-6-11(14)12(15)8-10/h5-6,8,13,16H,2,4,7H2,1,3H3. The smallest absolute Gasteiger partial charge is 0.0595 e. The molecule has 0 aromatic heterocycles. The van der Waals surface area contributed by atoms with Gasteiger partial charge < -0.3 is 5.32 Å². The van der Waals surface area contributed by atoms with Gasteiger partial charge in [-0.25, -0.2) is 0 Å². The molecule has 0 aliphatic heterocycles. The van der Waals surface area contributed by atoms with Crippen molar-refractivity contribution in [2.24, 2.45) is 0 Å². The summed E-state index contributed by atoms with van der Waals surface area (Å²) in [7, 11) is 0. The van der Waals surface area contributed by atoms with Gasteiger partial charge in [-0.1, -0.05) is 41.8 Å². The molecule has 0 fully saturated rings. The van der Waals surface area contributed by atoms with Gasteiger partial charge in [-0.2, -0.15) is 0 Å². The van der Waals surface area contributed by atoms with Crippen LogP contribution in [0.25, 0.3) is 0 Å². The van der Waals surface area contributed by atoms with Crippen LogP contribution in [0.2, 0.25) is 10.0 Å². The Morgan fingerprint density at radius 3 is 2.56 bits per heavy atom. The van der Waals surface area contributed by atoms with Gasteiger partial charge in [0, 0.05) is 6.04 Å². The van der Waals surface area contributed by atoms with E-state index in [2.05, 4.69) is 18.8 Å². The molecule has 0 amide bonds. The molecule has 0 radical (unpaired) electrons. The summed E-state index contributed by atoms with van der Waals surface area (Å²) in [6.45, 7) is 8.97. The number of hydrogen-bond donors (Lipinski definition) is 1. The number of benzene rings is 1. The van der Waals surface area contributed by atoms with Crippen LogP contribution in [-0.2, 0) is 0 Å². The molecule has 1 nitrogen and oxygen atoms in total.